The van der Waals surface area contributed by atoms with Gasteiger partial charge in [-0.2, -0.15) is 0 Å². The van der Waals surface area contributed by atoms with E-state index < -0.39 is 0 Å². The molecule has 3 aliphatic carbocycles. The maximum absolute atomic E-state index is 10.0. The summed E-state index contributed by atoms with van der Waals surface area (Å²) >= 11 is 0. The third-order valence-electron chi connectivity index (χ3n) is 10.5. The summed E-state index contributed by atoms with van der Waals surface area (Å²) in [4.78, 5) is 2.41. The summed E-state index contributed by atoms with van der Waals surface area (Å²) in [5, 5.41) is 10.0. The number of benzene rings is 2. The smallest absolute Gasteiger partial charge is 0.161 e. The fourth-order valence-electron chi connectivity index (χ4n) is 8.49. The summed E-state index contributed by atoms with van der Waals surface area (Å²) in [5.41, 5.74) is 4.59. The van der Waals surface area contributed by atoms with E-state index in [2.05, 4.69) is 56.9 Å². The van der Waals surface area contributed by atoms with Gasteiger partial charge >= 0.3 is 0 Å². The van der Waals surface area contributed by atoms with Crippen molar-refractivity contribution in [3.05, 3.63) is 53.1 Å². The first-order valence-electron chi connectivity index (χ1n) is 14.7. The Balaban J connectivity index is 1.23. The fourth-order valence-corrected chi connectivity index (χ4v) is 8.49. The normalized spacial score (nSPS) is 30.5. The second-order valence-corrected chi connectivity index (χ2v) is 12.3. The highest BCUT2D eigenvalue weighted by Crippen LogP contribution is 2.64. The monoisotopic (exact) mass is 505 g/mol. The zero-order chi connectivity index (χ0) is 26.2. The Morgan fingerprint density at radius 2 is 1.84 bits per heavy atom. The molecule has 0 spiro atoms. The maximum atomic E-state index is 10.0. The molecule has 4 nitrogen and oxygen atoms in total. The fraction of sp³-hybridized carbons (Fsp3) is 0.636. The van der Waals surface area contributed by atoms with Crippen LogP contribution in [0.1, 0.15) is 82.4 Å². The second kappa shape index (κ2) is 10.9. The minimum absolute atomic E-state index is 0.408. The van der Waals surface area contributed by atoms with Crippen molar-refractivity contribution in [2.45, 2.75) is 78.7 Å². The molecule has 2 aromatic rings. The first kappa shape index (κ1) is 26.4. The van der Waals surface area contributed by atoms with Crippen LogP contribution in [0.4, 0.5) is 0 Å². The van der Waals surface area contributed by atoms with Crippen molar-refractivity contribution < 1.29 is 14.6 Å². The van der Waals surface area contributed by atoms with Crippen molar-refractivity contribution in [1.29, 1.82) is 0 Å². The zero-order valence-corrected chi connectivity index (χ0v) is 23.6. The summed E-state index contributed by atoms with van der Waals surface area (Å²) in [6, 6.07) is 12.6. The van der Waals surface area contributed by atoms with Gasteiger partial charge in [-0.25, -0.2) is 0 Å². The van der Waals surface area contributed by atoms with Crippen molar-refractivity contribution in [1.82, 2.24) is 4.90 Å². The van der Waals surface area contributed by atoms with E-state index in [1.165, 1.54) is 42.4 Å². The molecular formula is C33H47NO3. The Labute approximate surface area is 224 Å². The summed E-state index contributed by atoms with van der Waals surface area (Å²) in [7, 11) is 1.75. The Hall–Kier alpha value is -2.20. The highest BCUT2D eigenvalue weighted by Gasteiger charge is 2.55. The molecule has 0 aliphatic heterocycles. The molecule has 0 radical (unpaired) electrons. The Kier molecular flexibility index (Phi) is 7.77. The highest BCUT2D eigenvalue weighted by molar-refractivity contribution is 5.43. The second-order valence-electron chi connectivity index (χ2n) is 12.3. The molecule has 4 heteroatoms. The van der Waals surface area contributed by atoms with E-state index in [-0.39, 0.29) is 0 Å². The molecule has 0 amide bonds. The molecular weight excluding hydrogens is 458 g/mol. The van der Waals surface area contributed by atoms with Crippen LogP contribution in [0.2, 0.25) is 0 Å². The van der Waals surface area contributed by atoms with Gasteiger partial charge in [-0.1, -0.05) is 39.8 Å². The molecule has 3 aliphatic rings. The number of fused-ring (bicyclic) bond motifs is 5. The van der Waals surface area contributed by atoms with Crippen LogP contribution in [0, 0.1) is 29.1 Å². The third-order valence-corrected chi connectivity index (χ3v) is 10.5. The number of rotatable bonds is 9. The summed E-state index contributed by atoms with van der Waals surface area (Å²) in [5.74, 6) is 5.75. The lowest BCUT2D eigenvalue weighted by molar-refractivity contribution is 0.000862. The summed E-state index contributed by atoms with van der Waals surface area (Å²) in [6.45, 7) is 13.3. The van der Waals surface area contributed by atoms with Gasteiger partial charge in [0, 0.05) is 6.54 Å². The lowest BCUT2D eigenvalue weighted by atomic mass is 9.51. The first-order valence-corrected chi connectivity index (χ1v) is 14.7. The average molecular weight is 506 g/mol. The summed E-state index contributed by atoms with van der Waals surface area (Å²) in [6.07, 6.45) is 7.48. The van der Waals surface area contributed by atoms with Crippen molar-refractivity contribution in [2.75, 3.05) is 26.8 Å². The standard InChI is InChI=1S/C33H47NO3/c1-6-34(7-2)21-23-8-13-30(31(19-23)36-5)37-17-15-25-9-12-29-32-22(3)18-24-20-26(35)10-11-27(24)28(32)14-16-33(25,29)4/h8,10-11,13,19-20,22,25,28-29,32,35H,6-7,9,12,14-18,21H2,1-5H3. The summed E-state index contributed by atoms with van der Waals surface area (Å²) < 4.78 is 12.1. The minimum Gasteiger partial charge on any atom is -0.508 e. The molecule has 6 unspecified atom stereocenters. The van der Waals surface area contributed by atoms with E-state index in [0.29, 0.717) is 23.0 Å². The van der Waals surface area contributed by atoms with E-state index >= 15 is 0 Å². The van der Waals surface area contributed by atoms with Gasteiger partial charge in [-0.15, -0.1) is 0 Å². The van der Waals surface area contributed by atoms with Crippen LogP contribution < -0.4 is 9.47 Å². The number of phenols is 1. The van der Waals surface area contributed by atoms with Crippen molar-refractivity contribution in [3.63, 3.8) is 0 Å². The number of phenolic OH excluding ortho intramolecular Hbond substituents is 1. The van der Waals surface area contributed by atoms with Crippen LogP contribution in [0.15, 0.2) is 36.4 Å². The molecule has 5 rings (SSSR count). The molecule has 0 aromatic heterocycles. The lowest BCUT2D eigenvalue weighted by Gasteiger charge is -2.53. The number of ether oxygens (including phenoxy) is 2. The molecule has 0 bridgehead atoms. The van der Waals surface area contributed by atoms with Crippen LogP contribution in [0.5, 0.6) is 17.2 Å². The minimum atomic E-state index is 0.408. The number of aromatic hydroxyl groups is 1. The van der Waals surface area contributed by atoms with Crippen LogP contribution >= 0.6 is 0 Å². The predicted octanol–water partition coefficient (Wildman–Crippen LogP) is 7.43. The topological polar surface area (TPSA) is 41.9 Å². The zero-order valence-electron chi connectivity index (χ0n) is 23.6. The van der Waals surface area contributed by atoms with Crippen LogP contribution in [-0.2, 0) is 13.0 Å². The molecule has 37 heavy (non-hydrogen) atoms. The van der Waals surface area contributed by atoms with Crippen LogP contribution in [0.25, 0.3) is 0 Å². The Bertz CT molecular complexity index is 1080. The molecule has 0 heterocycles. The van der Waals surface area contributed by atoms with Crippen molar-refractivity contribution >= 4 is 0 Å². The quantitative estimate of drug-likeness (QED) is 0.385. The van der Waals surface area contributed by atoms with Gasteiger partial charge in [0.1, 0.15) is 5.75 Å². The molecule has 0 saturated heterocycles. The SMILES string of the molecule is CCN(CC)Cc1ccc(OCCC2CCC3C4C(C)Cc5cc(O)ccc5C4CCC23C)c(OC)c1. The van der Waals surface area contributed by atoms with E-state index in [1.54, 1.807) is 7.11 Å². The predicted molar refractivity (Wildman–Crippen MR) is 150 cm³/mol. The molecule has 2 saturated carbocycles. The van der Waals surface area contributed by atoms with Gasteiger partial charge < -0.3 is 14.6 Å². The molecule has 2 aromatic carbocycles. The molecule has 2 fully saturated rings. The average Bonchev–Trinajstić information content (AvgIpc) is 3.23. The van der Waals surface area contributed by atoms with Crippen LogP contribution in [-0.4, -0.2) is 36.8 Å². The number of methoxy groups -OCH3 is 1. The lowest BCUT2D eigenvalue weighted by Crippen LogP contribution is -2.45. The molecule has 202 valence electrons. The van der Waals surface area contributed by atoms with Gasteiger partial charge in [0.15, 0.2) is 11.5 Å². The number of hydrogen-bond donors (Lipinski definition) is 1. The van der Waals surface area contributed by atoms with Gasteiger partial charge in [0.25, 0.3) is 0 Å². The van der Waals surface area contributed by atoms with E-state index in [9.17, 15) is 5.11 Å². The van der Waals surface area contributed by atoms with Crippen LogP contribution in [0.3, 0.4) is 0 Å². The third kappa shape index (κ3) is 4.99. The van der Waals surface area contributed by atoms with Gasteiger partial charge in [-0.05, 0) is 128 Å². The Morgan fingerprint density at radius 1 is 1.03 bits per heavy atom. The van der Waals surface area contributed by atoms with E-state index in [1.807, 2.05) is 12.1 Å². The van der Waals surface area contributed by atoms with Gasteiger partial charge in [0.2, 0.25) is 0 Å². The first-order chi connectivity index (χ1) is 17.9. The van der Waals surface area contributed by atoms with Crippen molar-refractivity contribution in [2.24, 2.45) is 29.1 Å². The van der Waals surface area contributed by atoms with Gasteiger partial charge in [-0.3, -0.25) is 4.90 Å². The van der Waals surface area contributed by atoms with E-state index in [0.717, 1.165) is 68.3 Å². The van der Waals surface area contributed by atoms with Crippen molar-refractivity contribution in [3.8, 4) is 17.2 Å². The number of nitrogens with zero attached hydrogens (tertiary/aromatic N) is 1. The Morgan fingerprint density at radius 3 is 2.59 bits per heavy atom. The largest absolute Gasteiger partial charge is 0.508 e. The molecule has 6 atom stereocenters. The van der Waals surface area contributed by atoms with Gasteiger partial charge in [0.05, 0.1) is 13.7 Å². The highest BCUT2D eigenvalue weighted by atomic mass is 16.5. The number of hydrogen-bond acceptors (Lipinski definition) is 4. The van der Waals surface area contributed by atoms with E-state index in [4.69, 9.17) is 9.47 Å². The molecule has 1 N–H and O–H groups in total. The maximum Gasteiger partial charge on any atom is 0.161 e.